The Morgan fingerprint density at radius 3 is 0.750 bits per heavy atom. The zero-order valence-corrected chi connectivity index (χ0v) is 8.59. The van der Waals surface area contributed by atoms with E-state index in [1.165, 1.54) is 0 Å². The van der Waals surface area contributed by atoms with Gasteiger partial charge >= 0.3 is 0 Å². The number of rotatable bonds is 0. The normalized spacial score (nSPS) is 0. The van der Waals surface area contributed by atoms with E-state index in [0.29, 0.717) is 0 Å². The molecule has 0 aliphatic heterocycles. The van der Waals surface area contributed by atoms with Gasteiger partial charge in [0.25, 0.3) is 0 Å². The zero-order valence-electron chi connectivity index (χ0n) is 1.72. The smallest absolute Gasteiger partial charge is 0 e. The van der Waals surface area contributed by atoms with Gasteiger partial charge in [0.2, 0.25) is 0 Å². The van der Waals surface area contributed by atoms with Crippen molar-refractivity contribution in [3.05, 3.63) is 0 Å². The maximum Gasteiger partial charge on any atom is 0.187 e. The van der Waals surface area contributed by atoms with Crippen LogP contribution >= 0.6 is 0 Å². The van der Waals surface area contributed by atoms with Crippen molar-refractivity contribution in [2.45, 2.75) is 0 Å². The first-order valence-electron chi connectivity index (χ1n) is 0. The van der Waals surface area contributed by atoms with E-state index in [-0.39, 0.29) is 73.4 Å². The molecule has 0 heterocycles. The fourth-order valence-corrected chi connectivity index (χ4v) is 0. The van der Waals surface area contributed by atoms with Gasteiger partial charge in [-0.15, -0.1) is 0 Å². The second kappa shape index (κ2) is 18.5. The van der Waals surface area contributed by atoms with Crippen molar-refractivity contribution in [1.29, 1.82) is 0 Å². The third-order valence-electron chi connectivity index (χ3n) is 0. The molecule has 0 nitrogen and oxygen atoms in total. The Kier molecular flexibility index (Phi) is 155. The minimum atomic E-state index is 0. The summed E-state index contributed by atoms with van der Waals surface area (Å²) in [4.78, 5) is 0. The molecule has 4 heteroatoms. The molecular weight excluding hydrogens is 221 g/mol. The molecule has 0 bridgehead atoms. The summed E-state index contributed by atoms with van der Waals surface area (Å²) in [6, 6.07) is 0. The molecule has 0 fully saturated rings. The minimum absolute atomic E-state index is 0. The largest absolute Gasteiger partial charge is 0.187 e. The molecule has 0 aromatic rings. The molecule has 0 N–H and O–H groups in total. The van der Waals surface area contributed by atoms with E-state index in [0.717, 1.165) is 0 Å². The predicted molar refractivity (Wildman–Crippen MR) is 9.94 cm³/mol. The van der Waals surface area contributed by atoms with Crippen LogP contribution in [0.3, 0.4) is 0 Å². The standard InChI is InChI=1S/Al.Cu.2Zn.3H. The van der Waals surface area contributed by atoms with Crippen molar-refractivity contribution in [2.75, 3.05) is 0 Å². The second-order valence-corrected chi connectivity index (χ2v) is 0. The van der Waals surface area contributed by atoms with Crippen LogP contribution in [0.4, 0.5) is 0 Å². The van der Waals surface area contributed by atoms with E-state index >= 15 is 0 Å². The quantitative estimate of drug-likeness (QED) is 0.454. The van der Waals surface area contributed by atoms with Crippen LogP contribution in [-0.4, -0.2) is 17.4 Å². The van der Waals surface area contributed by atoms with E-state index in [1.807, 2.05) is 0 Å². The van der Waals surface area contributed by atoms with Crippen molar-refractivity contribution in [3.63, 3.8) is 0 Å². The van der Waals surface area contributed by atoms with Gasteiger partial charge in [-0.1, -0.05) is 0 Å². The summed E-state index contributed by atoms with van der Waals surface area (Å²) in [6.07, 6.45) is 0. The molecule has 0 atom stereocenters. The van der Waals surface area contributed by atoms with Crippen molar-refractivity contribution in [3.8, 4) is 0 Å². The van der Waals surface area contributed by atoms with E-state index in [9.17, 15) is 0 Å². The molecule has 0 saturated carbocycles. The molecule has 0 amide bonds. The molecule has 4 heavy (non-hydrogen) atoms. The van der Waals surface area contributed by atoms with Crippen LogP contribution < -0.4 is 0 Å². The fraction of sp³-hybridized carbons (Fsp3) is 0. The van der Waals surface area contributed by atoms with Crippen LogP contribution in [-0.2, 0) is 56.0 Å². The Hall–Kier alpha value is 2.30. The van der Waals surface area contributed by atoms with Gasteiger partial charge in [-0.2, -0.15) is 0 Å². The Balaban J connectivity index is 0. The third kappa shape index (κ3) is 8.85. The fourth-order valence-electron chi connectivity index (χ4n) is 0. The Bertz CT molecular complexity index is 6.00. The Morgan fingerprint density at radius 2 is 0.750 bits per heavy atom. The molecule has 1 radical (unpaired) electrons. The Morgan fingerprint density at radius 1 is 0.750 bits per heavy atom. The first kappa shape index (κ1) is 33.5. The maximum atomic E-state index is 0. The van der Waals surface area contributed by atoms with Gasteiger partial charge in [-0.25, -0.2) is 0 Å². The summed E-state index contributed by atoms with van der Waals surface area (Å²) in [5.41, 5.74) is 0. The molecule has 0 spiro atoms. The van der Waals surface area contributed by atoms with Crippen LogP contribution in [0.15, 0.2) is 0 Å². The summed E-state index contributed by atoms with van der Waals surface area (Å²) < 4.78 is 0. The van der Waals surface area contributed by atoms with Gasteiger partial charge in [0.1, 0.15) is 0 Å². The van der Waals surface area contributed by atoms with Crippen molar-refractivity contribution >= 4 is 17.4 Å². The second-order valence-electron chi connectivity index (χ2n) is 0. The predicted octanol–water partition coefficient (Wildman–Crippen LogP) is -1.19. The Labute approximate surface area is 72.6 Å². The molecule has 0 aromatic carbocycles. The molecule has 0 aromatic heterocycles. The molecule has 21 valence electrons. The number of hydrogen-bond donors (Lipinski definition) is 0. The molecular formula is H3AlCuZn2. The summed E-state index contributed by atoms with van der Waals surface area (Å²) >= 11 is 0. The third-order valence-corrected chi connectivity index (χ3v) is 0. The maximum absolute atomic E-state index is 0. The van der Waals surface area contributed by atoms with Crippen LogP contribution in [0, 0.1) is 0 Å². The summed E-state index contributed by atoms with van der Waals surface area (Å²) in [7, 11) is 0. The summed E-state index contributed by atoms with van der Waals surface area (Å²) in [5.74, 6) is 0. The monoisotopic (exact) mass is 221 g/mol. The van der Waals surface area contributed by atoms with Crippen LogP contribution in [0.25, 0.3) is 0 Å². The summed E-state index contributed by atoms with van der Waals surface area (Å²) in [5, 5.41) is 0. The van der Waals surface area contributed by atoms with E-state index in [2.05, 4.69) is 0 Å². The first-order valence-corrected chi connectivity index (χ1v) is 0. The van der Waals surface area contributed by atoms with Gasteiger partial charge in [-0.05, 0) is 0 Å². The van der Waals surface area contributed by atoms with Crippen LogP contribution in [0.1, 0.15) is 0 Å². The molecule has 0 saturated heterocycles. The molecule has 0 aliphatic carbocycles. The molecule has 0 aliphatic rings. The van der Waals surface area contributed by atoms with E-state index in [1.54, 1.807) is 0 Å². The van der Waals surface area contributed by atoms with Crippen LogP contribution in [0.5, 0.6) is 0 Å². The average Bonchev–Trinajstić information content (AvgIpc) is 0. The zero-order chi connectivity index (χ0) is 0. The van der Waals surface area contributed by atoms with Gasteiger partial charge in [0.05, 0.1) is 0 Å². The van der Waals surface area contributed by atoms with Crippen molar-refractivity contribution in [1.82, 2.24) is 0 Å². The van der Waals surface area contributed by atoms with Gasteiger partial charge < -0.3 is 0 Å². The molecule has 0 unspecified atom stereocenters. The minimum Gasteiger partial charge on any atom is 0 e. The molecule has 0 rings (SSSR count). The topological polar surface area (TPSA) is 0 Å². The van der Waals surface area contributed by atoms with Gasteiger partial charge in [0, 0.05) is 56.0 Å². The van der Waals surface area contributed by atoms with Crippen molar-refractivity contribution in [2.24, 2.45) is 0 Å². The summed E-state index contributed by atoms with van der Waals surface area (Å²) in [6.45, 7) is 0. The van der Waals surface area contributed by atoms with Gasteiger partial charge in [0.15, 0.2) is 17.4 Å². The van der Waals surface area contributed by atoms with Crippen LogP contribution in [0.2, 0.25) is 0 Å². The van der Waals surface area contributed by atoms with E-state index < -0.39 is 0 Å². The SMILES string of the molecule is [AlH3].[Cu].[Zn].[Zn]. The van der Waals surface area contributed by atoms with Gasteiger partial charge in [-0.3, -0.25) is 0 Å². The van der Waals surface area contributed by atoms with E-state index in [4.69, 9.17) is 0 Å². The first-order chi connectivity index (χ1) is 0. The average molecular weight is 224 g/mol. The van der Waals surface area contributed by atoms with Crippen molar-refractivity contribution < 1.29 is 56.0 Å². The number of hydrogen-bond acceptors (Lipinski definition) is 0.